The average molecular weight is 580 g/mol. The van der Waals surface area contributed by atoms with Crippen LogP contribution in [0.1, 0.15) is 55.0 Å². The lowest BCUT2D eigenvalue weighted by Gasteiger charge is -2.30. The lowest BCUT2D eigenvalue weighted by molar-refractivity contribution is -0.130. The molecule has 3 aliphatic rings. The SMILES string of the molecule is CCCN(C)Cc1ncc(-c2ccc3c(c2)OCC2=C3COc3cc(-c4cnc([C@@H]5CCCN5C(=O)CN)[nH]4)ccc32)[nH]1. The molecular weight excluding hydrogens is 542 g/mol. The number of rotatable bonds is 8. The maximum absolute atomic E-state index is 12.3. The highest BCUT2D eigenvalue weighted by atomic mass is 16.5. The van der Waals surface area contributed by atoms with E-state index in [0.29, 0.717) is 19.8 Å². The predicted molar refractivity (Wildman–Crippen MR) is 165 cm³/mol. The van der Waals surface area contributed by atoms with Crippen molar-refractivity contribution in [2.45, 2.75) is 38.8 Å². The van der Waals surface area contributed by atoms with Crippen LogP contribution < -0.4 is 15.2 Å². The van der Waals surface area contributed by atoms with Gasteiger partial charge in [0.25, 0.3) is 0 Å². The molecule has 5 heterocycles. The third-order valence-electron chi connectivity index (χ3n) is 8.66. The zero-order valence-corrected chi connectivity index (χ0v) is 24.7. The zero-order chi connectivity index (χ0) is 29.5. The Balaban J connectivity index is 1.11. The maximum atomic E-state index is 12.3. The van der Waals surface area contributed by atoms with Gasteiger partial charge >= 0.3 is 0 Å². The van der Waals surface area contributed by atoms with Crippen molar-refractivity contribution in [1.29, 1.82) is 0 Å². The van der Waals surface area contributed by atoms with E-state index in [-0.39, 0.29) is 18.5 Å². The zero-order valence-electron chi connectivity index (χ0n) is 24.7. The van der Waals surface area contributed by atoms with Crippen molar-refractivity contribution in [1.82, 2.24) is 29.7 Å². The Labute approximate surface area is 250 Å². The maximum Gasteiger partial charge on any atom is 0.236 e. The largest absolute Gasteiger partial charge is 0.488 e. The van der Waals surface area contributed by atoms with E-state index >= 15 is 0 Å². The fraction of sp³-hybridized carbons (Fsp3) is 0.364. The third-order valence-corrected chi connectivity index (χ3v) is 8.66. The minimum atomic E-state index is -0.0609. The normalized spacial score (nSPS) is 17.4. The molecule has 0 radical (unpaired) electrons. The Bertz CT molecular complexity index is 1700. The molecule has 1 atom stereocenters. The van der Waals surface area contributed by atoms with Crippen molar-refractivity contribution in [3.8, 4) is 34.0 Å². The smallest absolute Gasteiger partial charge is 0.236 e. The Morgan fingerprint density at radius 3 is 2.30 bits per heavy atom. The minimum Gasteiger partial charge on any atom is -0.488 e. The number of nitrogens with one attached hydrogen (secondary N) is 2. The van der Waals surface area contributed by atoms with Gasteiger partial charge in [-0.15, -0.1) is 0 Å². The van der Waals surface area contributed by atoms with E-state index in [1.807, 2.05) is 17.3 Å². The van der Waals surface area contributed by atoms with Crippen LogP contribution in [0.4, 0.5) is 0 Å². The predicted octanol–water partition coefficient (Wildman–Crippen LogP) is 4.63. The lowest BCUT2D eigenvalue weighted by Crippen LogP contribution is -2.35. The molecule has 3 aliphatic heterocycles. The fourth-order valence-corrected chi connectivity index (χ4v) is 6.50. The number of amides is 1. The summed E-state index contributed by atoms with van der Waals surface area (Å²) in [5.74, 6) is 3.40. The number of carbonyl (C=O) groups is 1. The Hall–Kier alpha value is -4.41. The summed E-state index contributed by atoms with van der Waals surface area (Å²) in [4.78, 5) is 32.5. The Morgan fingerprint density at radius 1 is 1.00 bits per heavy atom. The summed E-state index contributed by atoms with van der Waals surface area (Å²) in [6, 6.07) is 12.5. The number of fused-ring (bicyclic) bond motifs is 4. The van der Waals surface area contributed by atoms with Crippen molar-refractivity contribution in [3.63, 3.8) is 0 Å². The van der Waals surface area contributed by atoms with E-state index in [0.717, 1.165) is 100 Å². The van der Waals surface area contributed by atoms with E-state index in [4.69, 9.17) is 15.2 Å². The topological polar surface area (TPSA) is 125 Å². The molecule has 0 aliphatic carbocycles. The van der Waals surface area contributed by atoms with Gasteiger partial charge in [0.15, 0.2) is 0 Å². The van der Waals surface area contributed by atoms with Gasteiger partial charge in [-0.1, -0.05) is 31.2 Å². The molecule has 7 rings (SSSR count). The number of aromatic amines is 2. The highest BCUT2D eigenvalue weighted by molar-refractivity contribution is 5.98. The van der Waals surface area contributed by atoms with Crippen LogP contribution in [0.25, 0.3) is 33.7 Å². The van der Waals surface area contributed by atoms with Gasteiger partial charge in [0, 0.05) is 39.9 Å². The summed E-state index contributed by atoms with van der Waals surface area (Å²) in [6.45, 7) is 5.71. The van der Waals surface area contributed by atoms with Crippen LogP contribution in [0.3, 0.4) is 0 Å². The van der Waals surface area contributed by atoms with Crippen molar-refractivity contribution >= 4 is 17.1 Å². The van der Waals surface area contributed by atoms with Crippen LogP contribution in [0.5, 0.6) is 11.5 Å². The number of nitrogens with two attached hydrogens (primary N) is 1. The van der Waals surface area contributed by atoms with Crippen LogP contribution in [0.15, 0.2) is 48.8 Å². The number of hydrogen-bond donors (Lipinski definition) is 3. The van der Waals surface area contributed by atoms with Crippen LogP contribution >= 0.6 is 0 Å². The molecule has 10 heteroatoms. The lowest BCUT2D eigenvalue weighted by atomic mass is 9.89. The monoisotopic (exact) mass is 579 g/mol. The van der Waals surface area contributed by atoms with Gasteiger partial charge in [0.1, 0.15) is 36.4 Å². The standard InChI is InChI=1S/C33H37N7O3/c1-3-10-39(2)17-31-35-15-26(37-31)20-6-8-22-24-19-43-30-13-21(7-9-23(30)25(24)18-42-29(22)12-20)27-16-36-33(38-27)28-5-4-11-40(28)32(41)14-34/h6-9,12-13,15-16,28H,3-5,10-11,14,17-19,34H2,1-2H3,(H,35,37)(H,36,38)/t28-/m0/s1. The van der Waals surface area contributed by atoms with E-state index in [9.17, 15) is 4.79 Å². The van der Waals surface area contributed by atoms with Crippen LogP contribution in [-0.4, -0.2) is 75.5 Å². The summed E-state index contributed by atoms with van der Waals surface area (Å²) >= 11 is 0. The third kappa shape index (κ3) is 5.10. The molecule has 222 valence electrons. The second kappa shape index (κ2) is 11.3. The van der Waals surface area contributed by atoms with Gasteiger partial charge in [-0.2, -0.15) is 0 Å². The number of benzene rings is 2. The highest BCUT2D eigenvalue weighted by Gasteiger charge is 2.32. The van der Waals surface area contributed by atoms with Gasteiger partial charge < -0.3 is 30.1 Å². The van der Waals surface area contributed by atoms with Crippen molar-refractivity contribution in [2.75, 3.05) is 39.9 Å². The van der Waals surface area contributed by atoms with Gasteiger partial charge in [-0.05, 0) is 45.0 Å². The first kappa shape index (κ1) is 27.4. The second-order valence-corrected chi connectivity index (χ2v) is 11.6. The summed E-state index contributed by atoms with van der Waals surface area (Å²) in [6.07, 6.45) is 6.67. The molecular formula is C33H37N7O3. The van der Waals surface area contributed by atoms with Crippen LogP contribution in [0, 0.1) is 0 Å². The molecule has 1 fully saturated rings. The van der Waals surface area contributed by atoms with Gasteiger partial charge in [-0.3, -0.25) is 9.69 Å². The molecule has 10 nitrogen and oxygen atoms in total. The summed E-state index contributed by atoms with van der Waals surface area (Å²) in [5, 5.41) is 0. The van der Waals surface area contributed by atoms with E-state index < -0.39 is 0 Å². The van der Waals surface area contributed by atoms with Crippen molar-refractivity contribution < 1.29 is 14.3 Å². The fourth-order valence-electron chi connectivity index (χ4n) is 6.50. The van der Waals surface area contributed by atoms with Gasteiger partial charge in [0.2, 0.25) is 5.91 Å². The summed E-state index contributed by atoms with van der Waals surface area (Å²) in [7, 11) is 2.11. The number of carbonyl (C=O) groups excluding carboxylic acids is 1. The van der Waals surface area contributed by atoms with Gasteiger partial charge in [0.05, 0.1) is 42.9 Å². The molecule has 2 aromatic carbocycles. The second-order valence-electron chi connectivity index (χ2n) is 11.6. The molecule has 1 saturated heterocycles. The highest BCUT2D eigenvalue weighted by Crippen LogP contribution is 2.45. The quantitative estimate of drug-likeness (QED) is 0.278. The van der Waals surface area contributed by atoms with Crippen LogP contribution in [0.2, 0.25) is 0 Å². The van der Waals surface area contributed by atoms with Crippen molar-refractivity contribution in [2.24, 2.45) is 5.73 Å². The molecule has 0 unspecified atom stereocenters. The number of ether oxygens (including phenoxy) is 2. The summed E-state index contributed by atoms with van der Waals surface area (Å²) in [5.41, 5.74) is 14.0. The molecule has 0 bridgehead atoms. The number of H-pyrrole nitrogens is 2. The number of nitrogens with zero attached hydrogens (tertiary/aromatic N) is 4. The molecule has 4 N–H and O–H groups in total. The van der Waals surface area contributed by atoms with E-state index in [2.05, 4.69) is 75.2 Å². The summed E-state index contributed by atoms with van der Waals surface area (Å²) < 4.78 is 12.6. The van der Waals surface area contributed by atoms with E-state index in [1.54, 1.807) is 0 Å². The molecule has 0 spiro atoms. The van der Waals surface area contributed by atoms with E-state index in [1.165, 1.54) is 0 Å². The Morgan fingerprint density at radius 2 is 1.65 bits per heavy atom. The number of hydrogen-bond acceptors (Lipinski definition) is 7. The van der Waals surface area contributed by atoms with Crippen molar-refractivity contribution in [3.05, 3.63) is 71.6 Å². The van der Waals surface area contributed by atoms with Gasteiger partial charge in [-0.25, -0.2) is 9.97 Å². The molecule has 1 amide bonds. The number of likely N-dealkylation sites (tertiary alicyclic amines) is 1. The number of imidazole rings is 2. The molecule has 43 heavy (non-hydrogen) atoms. The van der Waals surface area contributed by atoms with Crippen LogP contribution in [-0.2, 0) is 11.3 Å². The average Bonchev–Trinajstić information content (AvgIpc) is 3.81. The molecule has 0 saturated carbocycles. The Kier molecular flexibility index (Phi) is 7.24. The number of aromatic nitrogens is 4. The first-order valence-corrected chi connectivity index (χ1v) is 15.1. The molecule has 2 aromatic heterocycles. The first-order valence-electron chi connectivity index (χ1n) is 15.1. The minimum absolute atomic E-state index is 0.0156. The molecule has 4 aromatic rings. The first-order chi connectivity index (χ1) is 21.0.